The lowest BCUT2D eigenvalue weighted by Crippen LogP contribution is -2.50. The highest BCUT2D eigenvalue weighted by molar-refractivity contribution is 5.97. The van der Waals surface area contributed by atoms with Crippen molar-refractivity contribution in [2.75, 3.05) is 26.7 Å². The van der Waals surface area contributed by atoms with Crippen LogP contribution in [0.15, 0.2) is 12.3 Å². The van der Waals surface area contributed by atoms with Gasteiger partial charge in [0.2, 0.25) is 11.8 Å². The molecule has 2 N–H and O–H groups in total. The Kier molecular flexibility index (Phi) is 8.21. The number of ether oxygens (including phenoxy) is 1. The Morgan fingerprint density at radius 3 is 2.77 bits per heavy atom. The molecule has 2 rings (SSSR count). The second-order valence-corrected chi connectivity index (χ2v) is 7.77. The zero-order valence-electron chi connectivity index (χ0n) is 18.3. The third kappa shape index (κ3) is 5.71. The number of pyridine rings is 1. The number of amides is 2. The number of aliphatic hydroxyl groups excluding tert-OH is 2. The van der Waals surface area contributed by atoms with Gasteiger partial charge in [-0.1, -0.05) is 25.7 Å². The van der Waals surface area contributed by atoms with Crippen LogP contribution in [0.5, 0.6) is 5.88 Å². The molecule has 0 fully saturated rings. The van der Waals surface area contributed by atoms with Crippen LogP contribution in [0, 0.1) is 17.8 Å². The van der Waals surface area contributed by atoms with Crippen molar-refractivity contribution < 1.29 is 24.5 Å². The van der Waals surface area contributed by atoms with Crippen LogP contribution < -0.4 is 4.74 Å². The summed E-state index contributed by atoms with van der Waals surface area (Å²) in [5, 5.41) is 19.1. The van der Waals surface area contributed by atoms with Crippen molar-refractivity contribution in [2.45, 2.75) is 52.4 Å². The zero-order chi connectivity index (χ0) is 22.4. The lowest BCUT2D eigenvalue weighted by Gasteiger charge is -2.37. The quantitative estimate of drug-likeness (QED) is 0.690. The van der Waals surface area contributed by atoms with Gasteiger partial charge in [0.05, 0.1) is 19.2 Å². The predicted octanol–water partition coefficient (Wildman–Crippen LogP) is 0.902. The van der Waals surface area contributed by atoms with Crippen molar-refractivity contribution >= 4 is 11.8 Å². The minimum atomic E-state index is -0.804. The van der Waals surface area contributed by atoms with E-state index in [2.05, 4.69) is 16.8 Å². The summed E-state index contributed by atoms with van der Waals surface area (Å²) in [6, 6.07) is 1.19. The maximum atomic E-state index is 13.2. The topological polar surface area (TPSA) is 103 Å². The largest absolute Gasteiger partial charge is 0.472 e. The molecule has 2 heterocycles. The third-order valence-electron chi connectivity index (χ3n) is 5.13. The average molecular weight is 418 g/mol. The molecular formula is C22H31N3O5. The van der Waals surface area contributed by atoms with Crippen LogP contribution in [0.2, 0.25) is 0 Å². The maximum Gasteiger partial charge on any atom is 0.259 e. The number of carbonyl (C=O) groups excluding carboxylic acids is 2. The van der Waals surface area contributed by atoms with Gasteiger partial charge in [-0.05, 0) is 19.9 Å². The van der Waals surface area contributed by atoms with Crippen LogP contribution in [-0.2, 0) is 4.79 Å². The first-order chi connectivity index (χ1) is 14.2. The molecule has 2 amide bonds. The standard InChI is InChI=1S/C22H31N3O5/c1-6-20(28)24(5)12-19-14(2)11-25(15(3)13-26)22(29)18-9-17(8-7-16(4)27)10-23-21(18)30-19/h9-10,14-16,19,26-27H,6,11-13H2,1-5H3/t14-,15+,16+,19+/m1/s1. The van der Waals surface area contributed by atoms with Crippen LogP contribution in [-0.4, -0.2) is 81.8 Å². The molecule has 1 aliphatic heterocycles. The van der Waals surface area contributed by atoms with E-state index in [1.165, 1.54) is 6.20 Å². The van der Waals surface area contributed by atoms with Crippen LogP contribution in [0.3, 0.4) is 0 Å². The van der Waals surface area contributed by atoms with Gasteiger partial charge in [-0.25, -0.2) is 4.98 Å². The molecule has 0 aliphatic carbocycles. The van der Waals surface area contributed by atoms with Gasteiger partial charge >= 0.3 is 0 Å². The van der Waals surface area contributed by atoms with Gasteiger partial charge < -0.3 is 24.7 Å². The molecule has 164 valence electrons. The van der Waals surface area contributed by atoms with Gasteiger partial charge in [-0.3, -0.25) is 9.59 Å². The summed E-state index contributed by atoms with van der Waals surface area (Å²) in [5.74, 6) is 5.20. The third-order valence-corrected chi connectivity index (χ3v) is 5.13. The molecule has 0 unspecified atom stereocenters. The monoisotopic (exact) mass is 417 g/mol. The molecule has 0 radical (unpaired) electrons. The van der Waals surface area contributed by atoms with E-state index in [1.807, 2.05) is 6.92 Å². The first kappa shape index (κ1) is 23.6. The summed E-state index contributed by atoms with van der Waals surface area (Å²) >= 11 is 0. The molecule has 0 saturated heterocycles. The summed E-state index contributed by atoms with van der Waals surface area (Å²) < 4.78 is 6.11. The Labute approximate surface area is 177 Å². The molecule has 0 saturated carbocycles. The van der Waals surface area contributed by atoms with Gasteiger partial charge in [-0.2, -0.15) is 0 Å². The second kappa shape index (κ2) is 10.4. The summed E-state index contributed by atoms with van der Waals surface area (Å²) in [4.78, 5) is 32.8. The van der Waals surface area contributed by atoms with Crippen LogP contribution >= 0.6 is 0 Å². The number of carbonyl (C=O) groups is 2. The number of hydrogen-bond donors (Lipinski definition) is 2. The van der Waals surface area contributed by atoms with Crippen molar-refractivity contribution in [1.82, 2.24) is 14.8 Å². The number of nitrogens with zero attached hydrogens (tertiary/aromatic N) is 3. The smallest absolute Gasteiger partial charge is 0.259 e. The average Bonchev–Trinajstić information content (AvgIpc) is 2.73. The van der Waals surface area contributed by atoms with Gasteiger partial charge in [0.1, 0.15) is 17.8 Å². The fourth-order valence-electron chi connectivity index (χ4n) is 3.22. The van der Waals surface area contributed by atoms with E-state index >= 15 is 0 Å². The Hall–Kier alpha value is -2.63. The summed E-state index contributed by atoms with van der Waals surface area (Å²) in [7, 11) is 1.73. The van der Waals surface area contributed by atoms with E-state index in [1.54, 1.807) is 43.7 Å². The lowest BCUT2D eigenvalue weighted by atomic mass is 10.00. The van der Waals surface area contributed by atoms with Gasteiger partial charge in [0.25, 0.3) is 5.91 Å². The number of hydrogen-bond acceptors (Lipinski definition) is 6. The molecule has 4 atom stereocenters. The van der Waals surface area contributed by atoms with E-state index in [0.717, 1.165) is 0 Å². The Balaban J connectivity index is 2.47. The molecule has 0 bridgehead atoms. The van der Waals surface area contributed by atoms with E-state index < -0.39 is 12.1 Å². The highest BCUT2D eigenvalue weighted by Gasteiger charge is 2.34. The zero-order valence-corrected chi connectivity index (χ0v) is 18.3. The van der Waals surface area contributed by atoms with E-state index in [-0.39, 0.29) is 41.9 Å². The summed E-state index contributed by atoms with van der Waals surface area (Å²) in [6.45, 7) is 7.62. The predicted molar refractivity (Wildman–Crippen MR) is 112 cm³/mol. The van der Waals surface area contributed by atoms with Crippen molar-refractivity contribution in [1.29, 1.82) is 0 Å². The van der Waals surface area contributed by atoms with Crippen molar-refractivity contribution in [2.24, 2.45) is 5.92 Å². The number of fused-ring (bicyclic) bond motifs is 1. The Morgan fingerprint density at radius 1 is 1.47 bits per heavy atom. The number of aliphatic hydroxyl groups is 2. The molecule has 0 spiro atoms. The fraction of sp³-hybridized carbons (Fsp3) is 0.591. The van der Waals surface area contributed by atoms with E-state index in [0.29, 0.717) is 25.1 Å². The van der Waals surface area contributed by atoms with E-state index in [9.17, 15) is 19.8 Å². The number of likely N-dealkylation sites (N-methyl/N-ethyl adjacent to an activating group) is 1. The highest BCUT2D eigenvalue weighted by Crippen LogP contribution is 2.27. The molecule has 0 aromatic carbocycles. The maximum absolute atomic E-state index is 13.2. The summed E-state index contributed by atoms with van der Waals surface area (Å²) in [5.41, 5.74) is 0.723. The lowest BCUT2D eigenvalue weighted by molar-refractivity contribution is -0.131. The SMILES string of the molecule is CCC(=O)N(C)C[C@@H]1Oc2ncc(C#C[C@H](C)O)cc2C(=O)N([C@@H](C)CO)C[C@H]1C. The Morgan fingerprint density at radius 2 is 2.17 bits per heavy atom. The number of rotatable bonds is 5. The minimum Gasteiger partial charge on any atom is -0.472 e. The summed E-state index contributed by atoms with van der Waals surface area (Å²) in [6.07, 6.45) is 0.699. The van der Waals surface area contributed by atoms with Crippen molar-refractivity contribution in [3.63, 3.8) is 0 Å². The molecule has 1 aromatic rings. The van der Waals surface area contributed by atoms with Crippen molar-refractivity contribution in [3.8, 4) is 17.7 Å². The van der Waals surface area contributed by atoms with Gasteiger partial charge in [-0.15, -0.1) is 0 Å². The van der Waals surface area contributed by atoms with Crippen LogP contribution in [0.1, 0.15) is 50.0 Å². The molecule has 1 aliphatic rings. The highest BCUT2D eigenvalue weighted by atomic mass is 16.5. The molecule has 1 aromatic heterocycles. The van der Waals surface area contributed by atoms with Gasteiger partial charge in [0, 0.05) is 37.7 Å². The first-order valence-corrected chi connectivity index (χ1v) is 10.2. The molecular weight excluding hydrogens is 386 g/mol. The molecule has 8 heteroatoms. The van der Waals surface area contributed by atoms with Crippen LogP contribution in [0.4, 0.5) is 0 Å². The number of aromatic nitrogens is 1. The molecule has 30 heavy (non-hydrogen) atoms. The molecule has 8 nitrogen and oxygen atoms in total. The van der Waals surface area contributed by atoms with Gasteiger partial charge in [0.15, 0.2) is 0 Å². The fourth-order valence-corrected chi connectivity index (χ4v) is 3.22. The van der Waals surface area contributed by atoms with E-state index in [4.69, 9.17) is 4.74 Å². The Bertz CT molecular complexity index is 830. The normalized spacial score (nSPS) is 20.6. The van der Waals surface area contributed by atoms with Crippen LogP contribution in [0.25, 0.3) is 0 Å². The first-order valence-electron chi connectivity index (χ1n) is 10.2. The second-order valence-electron chi connectivity index (χ2n) is 7.77. The minimum absolute atomic E-state index is 0.00134. The van der Waals surface area contributed by atoms with Crippen molar-refractivity contribution in [3.05, 3.63) is 23.4 Å².